The summed E-state index contributed by atoms with van der Waals surface area (Å²) in [7, 11) is 0. The van der Waals surface area contributed by atoms with Gasteiger partial charge < -0.3 is 10.0 Å². The number of hydrogen-bond donors (Lipinski definition) is 1. The van der Waals surface area contributed by atoms with E-state index in [4.69, 9.17) is 0 Å². The molecule has 2 atom stereocenters. The first-order valence-electron chi connectivity index (χ1n) is 6.83. The van der Waals surface area contributed by atoms with E-state index in [1.165, 1.54) is 11.3 Å². The Morgan fingerprint density at radius 1 is 1.32 bits per heavy atom. The molecule has 0 aliphatic carbocycles. The van der Waals surface area contributed by atoms with Gasteiger partial charge in [-0.3, -0.25) is 4.79 Å². The Bertz CT molecular complexity index is 503. The number of carboxylic acid groups (broad SMARTS) is 1. The number of hydrogen-bond acceptors (Lipinski definition) is 2. The van der Waals surface area contributed by atoms with E-state index in [2.05, 4.69) is 46.0 Å². The maximum atomic E-state index is 11.2. The Kier molecular flexibility index (Phi) is 3.29. The van der Waals surface area contributed by atoms with Gasteiger partial charge in [-0.15, -0.1) is 0 Å². The second-order valence-corrected chi connectivity index (χ2v) is 6.59. The molecule has 1 aromatic rings. The van der Waals surface area contributed by atoms with Gasteiger partial charge in [-0.1, -0.05) is 15.9 Å². The van der Waals surface area contributed by atoms with E-state index in [0.717, 1.165) is 30.2 Å². The number of anilines is 1. The van der Waals surface area contributed by atoms with Crippen molar-refractivity contribution in [1.29, 1.82) is 0 Å². The Morgan fingerprint density at radius 3 is 2.47 bits per heavy atom. The van der Waals surface area contributed by atoms with E-state index < -0.39 is 5.97 Å². The third kappa shape index (κ3) is 2.27. The number of carbonyl (C=O) groups is 1. The van der Waals surface area contributed by atoms with Gasteiger partial charge >= 0.3 is 5.97 Å². The molecule has 1 aromatic carbocycles. The van der Waals surface area contributed by atoms with Crippen LogP contribution in [0.15, 0.2) is 22.7 Å². The van der Waals surface area contributed by atoms with Crippen LogP contribution in [0.2, 0.25) is 0 Å². The second-order valence-electron chi connectivity index (χ2n) is 5.73. The molecule has 3 nitrogen and oxygen atoms in total. The summed E-state index contributed by atoms with van der Waals surface area (Å²) in [5.41, 5.74) is 2.48. The molecule has 0 amide bonds. The van der Waals surface area contributed by atoms with Gasteiger partial charge in [-0.25, -0.2) is 0 Å². The van der Waals surface area contributed by atoms with Crippen LogP contribution in [0, 0.1) is 12.8 Å². The smallest absolute Gasteiger partial charge is 0.306 e. The van der Waals surface area contributed by atoms with Crippen LogP contribution < -0.4 is 4.90 Å². The molecule has 4 heteroatoms. The van der Waals surface area contributed by atoms with E-state index in [-0.39, 0.29) is 5.92 Å². The molecular weight excluding hydrogens is 306 g/mol. The summed E-state index contributed by atoms with van der Waals surface area (Å²) >= 11 is 3.53. The lowest BCUT2D eigenvalue weighted by atomic mass is 9.90. The lowest BCUT2D eigenvalue weighted by molar-refractivity contribution is -0.142. The normalized spacial score (nSPS) is 29.6. The van der Waals surface area contributed by atoms with Crippen molar-refractivity contribution in [2.24, 2.45) is 5.92 Å². The fourth-order valence-electron chi connectivity index (χ4n) is 3.59. The second kappa shape index (κ2) is 4.82. The molecular formula is C15H18BrNO2. The first-order valence-corrected chi connectivity index (χ1v) is 7.63. The summed E-state index contributed by atoms with van der Waals surface area (Å²) < 4.78 is 1.13. The molecule has 102 valence electrons. The average molecular weight is 324 g/mol. The highest BCUT2D eigenvalue weighted by molar-refractivity contribution is 9.10. The lowest BCUT2D eigenvalue weighted by Crippen LogP contribution is -2.44. The molecule has 2 unspecified atom stereocenters. The molecule has 19 heavy (non-hydrogen) atoms. The van der Waals surface area contributed by atoms with E-state index in [1.54, 1.807) is 0 Å². The number of benzene rings is 1. The topological polar surface area (TPSA) is 40.5 Å². The van der Waals surface area contributed by atoms with Crippen molar-refractivity contribution >= 4 is 27.6 Å². The van der Waals surface area contributed by atoms with Crippen molar-refractivity contribution in [3.63, 3.8) is 0 Å². The highest BCUT2D eigenvalue weighted by Crippen LogP contribution is 2.42. The van der Waals surface area contributed by atoms with Crippen LogP contribution in [-0.2, 0) is 4.79 Å². The van der Waals surface area contributed by atoms with Crippen molar-refractivity contribution < 1.29 is 9.90 Å². The maximum Gasteiger partial charge on any atom is 0.306 e. The number of carboxylic acids is 1. The average Bonchev–Trinajstić information content (AvgIpc) is 2.63. The van der Waals surface area contributed by atoms with Gasteiger partial charge in [0.25, 0.3) is 0 Å². The molecule has 0 saturated carbocycles. The summed E-state index contributed by atoms with van der Waals surface area (Å²) in [6.07, 6.45) is 3.84. The number of halogens is 1. The van der Waals surface area contributed by atoms with Crippen molar-refractivity contribution in [3.8, 4) is 0 Å². The number of rotatable bonds is 2. The minimum absolute atomic E-state index is 0.148. The highest BCUT2D eigenvalue weighted by atomic mass is 79.9. The molecule has 3 rings (SSSR count). The molecule has 1 N–H and O–H groups in total. The maximum absolute atomic E-state index is 11.2. The first kappa shape index (κ1) is 13.0. The largest absolute Gasteiger partial charge is 0.481 e. The fraction of sp³-hybridized carbons (Fsp3) is 0.533. The Balaban J connectivity index is 1.87. The van der Waals surface area contributed by atoms with Crippen molar-refractivity contribution in [2.75, 3.05) is 4.90 Å². The zero-order valence-corrected chi connectivity index (χ0v) is 12.6. The Morgan fingerprint density at radius 2 is 1.95 bits per heavy atom. The standard InChI is InChI=1S/C15H18BrNO2/c1-9-6-11(4-5-14(9)16)17-12-2-3-13(17)8-10(7-12)15(18)19/h4-6,10,12-13H,2-3,7-8H2,1H3,(H,18,19). The molecule has 2 heterocycles. The van der Waals surface area contributed by atoms with Gasteiger partial charge in [0.05, 0.1) is 5.92 Å². The molecule has 0 spiro atoms. The summed E-state index contributed by atoms with van der Waals surface area (Å²) in [4.78, 5) is 13.6. The first-order chi connectivity index (χ1) is 9.06. The summed E-state index contributed by atoms with van der Waals surface area (Å²) in [5, 5.41) is 9.21. The third-order valence-corrected chi connectivity index (χ3v) is 5.41. The van der Waals surface area contributed by atoms with Crippen LogP contribution in [0.1, 0.15) is 31.2 Å². The van der Waals surface area contributed by atoms with Crippen LogP contribution in [0.3, 0.4) is 0 Å². The zero-order valence-electron chi connectivity index (χ0n) is 11.0. The monoisotopic (exact) mass is 323 g/mol. The minimum Gasteiger partial charge on any atom is -0.481 e. The summed E-state index contributed by atoms with van der Waals surface area (Å²) in [6.45, 7) is 2.10. The number of nitrogens with zero attached hydrogens (tertiary/aromatic N) is 1. The van der Waals surface area contributed by atoms with Crippen LogP contribution in [0.4, 0.5) is 5.69 Å². The van der Waals surface area contributed by atoms with Crippen molar-refractivity contribution in [2.45, 2.75) is 44.7 Å². The minimum atomic E-state index is -0.622. The Hall–Kier alpha value is -1.03. The summed E-state index contributed by atoms with van der Waals surface area (Å²) in [5.74, 6) is -0.770. The van der Waals surface area contributed by atoms with Crippen LogP contribution in [0.25, 0.3) is 0 Å². The SMILES string of the molecule is Cc1cc(N2C3CCC2CC(C(=O)O)C3)ccc1Br. The van der Waals surface area contributed by atoms with Crippen LogP contribution >= 0.6 is 15.9 Å². The molecule has 2 aliphatic heterocycles. The van der Waals surface area contributed by atoms with Crippen molar-refractivity contribution in [3.05, 3.63) is 28.2 Å². The van der Waals surface area contributed by atoms with Crippen molar-refractivity contribution in [1.82, 2.24) is 0 Å². The number of aliphatic carboxylic acids is 1. The Labute approximate surface area is 121 Å². The molecule has 2 bridgehead atoms. The van der Waals surface area contributed by atoms with Gasteiger partial charge in [0.15, 0.2) is 0 Å². The quantitative estimate of drug-likeness (QED) is 0.904. The predicted molar refractivity (Wildman–Crippen MR) is 78.5 cm³/mol. The van der Waals surface area contributed by atoms with E-state index >= 15 is 0 Å². The molecule has 2 aliphatic rings. The van der Waals surface area contributed by atoms with Gasteiger partial charge in [-0.2, -0.15) is 0 Å². The highest BCUT2D eigenvalue weighted by Gasteiger charge is 2.42. The van der Waals surface area contributed by atoms with Gasteiger partial charge in [0.2, 0.25) is 0 Å². The molecule has 0 aromatic heterocycles. The number of fused-ring (bicyclic) bond motifs is 2. The zero-order chi connectivity index (χ0) is 13.6. The van der Waals surface area contributed by atoms with E-state index in [1.807, 2.05) is 0 Å². The van der Waals surface area contributed by atoms with Gasteiger partial charge in [0.1, 0.15) is 0 Å². The summed E-state index contributed by atoms with van der Waals surface area (Å²) in [6, 6.07) is 7.24. The van der Waals surface area contributed by atoms with Gasteiger partial charge in [0, 0.05) is 22.2 Å². The third-order valence-electron chi connectivity index (χ3n) is 4.52. The number of aryl methyl sites for hydroxylation is 1. The molecule has 0 radical (unpaired) electrons. The molecule has 2 fully saturated rings. The van der Waals surface area contributed by atoms with Crippen LogP contribution in [0.5, 0.6) is 0 Å². The van der Waals surface area contributed by atoms with Crippen LogP contribution in [-0.4, -0.2) is 23.2 Å². The van der Waals surface area contributed by atoms with Gasteiger partial charge in [-0.05, 0) is 56.4 Å². The van der Waals surface area contributed by atoms with E-state index in [0.29, 0.717) is 12.1 Å². The number of piperidine rings is 1. The lowest BCUT2D eigenvalue weighted by Gasteiger charge is -2.39. The fourth-order valence-corrected chi connectivity index (χ4v) is 3.84. The molecule has 2 saturated heterocycles. The van der Waals surface area contributed by atoms with E-state index in [9.17, 15) is 9.90 Å². The predicted octanol–water partition coefficient (Wildman–Crippen LogP) is 3.59.